The Hall–Kier alpha value is -2.75. The molecule has 0 aliphatic heterocycles. The van der Waals surface area contributed by atoms with Crippen LogP contribution < -0.4 is 5.32 Å². The summed E-state index contributed by atoms with van der Waals surface area (Å²) < 4.78 is 0. The maximum Gasteiger partial charge on any atom is 0.322 e. The van der Waals surface area contributed by atoms with Crippen molar-refractivity contribution in [1.82, 2.24) is 4.90 Å². The van der Waals surface area contributed by atoms with Crippen molar-refractivity contribution in [2.75, 3.05) is 18.4 Å². The lowest BCUT2D eigenvalue weighted by atomic mass is 10.1. The first-order valence-corrected chi connectivity index (χ1v) is 10.9. The Labute approximate surface area is 194 Å². The number of halogens is 2. The molecule has 0 radical (unpaired) electrons. The van der Waals surface area contributed by atoms with E-state index >= 15 is 0 Å². The molecule has 160 valence electrons. The van der Waals surface area contributed by atoms with Crippen LogP contribution in [-0.2, 0) is 6.42 Å². The summed E-state index contributed by atoms with van der Waals surface area (Å²) in [7, 11) is 0. The highest BCUT2D eigenvalue weighted by Gasteiger charge is 2.15. The Morgan fingerprint density at radius 1 is 1.00 bits per heavy atom. The first-order valence-electron chi connectivity index (χ1n) is 10.2. The molecule has 1 N–H and O–H groups in total. The van der Waals surface area contributed by atoms with Crippen LogP contribution in [0.1, 0.15) is 23.6 Å². The Bertz CT molecular complexity index is 1060. The number of carbonyl (C=O) groups excluding carboxylic acids is 1. The molecule has 3 aromatic carbocycles. The molecule has 0 unspecified atom stereocenters. The fourth-order valence-corrected chi connectivity index (χ4v) is 3.84. The Morgan fingerprint density at radius 2 is 1.77 bits per heavy atom. The van der Waals surface area contributed by atoms with Gasteiger partial charge < -0.3 is 10.2 Å². The summed E-state index contributed by atoms with van der Waals surface area (Å²) in [6.07, 6.45) is 2.73. The molecule has 0 heterocycles. The molecule has 5 heteroatoms. The third kappa shape index (κ3) is 7.16. The number of rotatable bonds is 7. The molecule has 0 spiro atoms. The van der Waals surface area contributed by atoms with Crippen molar-refractivity contribution < 1.29 is 4.79 Å². The van der Waals surface area contributed by atoms with E-state index in [0.717, 1.165) is 28.0 Å². The summed E-state index contributed by atoms with van der Waals surface area (Å²) >= 11 is 12.4. The van der Waals surface area contributed by atoms with Crippen LogP contribution in [0, 0.1) is 6.92 Å². The van der Waals surface area contributed by atoms with Crippen LogP contribution in [0.2, 0.25) is 10.0 Å². The van der Waals surface area contributed by atoms with E-state index in [4.69, 9.17) is 23.2 Å². The second-order valence-electron chi connectivity index (χ2n) is 7.61. The molecular formula is C26H26Cl2N2O. The molecule has 0 aliphatic carbocycles. The molecule has 0 saturated heterocycles. The van der Waals surface area contributed by atoms with Gasteiger partial charge in [0.2, 0.25) is 0 Å². The molecule has 0 saturated carbocycles. The van der Waals surface area contributed by atoms with Crippen molar-refractivity contribution in [2.45, 2.75) is 20.3 Å². The number of carbonyl (C=O) groups is 1. The Kier molecular flexibility index (Phi) is 8.16. The normalized spacial score (nSPS) is 11.3. The van der Waals surface area contributed by atoms with Gasteiger partial charge >= 0.3 is 6.03 Å². The Morgan fingerprint density at radius 3 is 2.48 bits per heavy atom. The number of benzene rings is 3. The van der Waals surface area contributed by atoms with E-state index in [1.165, 1.54) is 0 Å². The van der Waals surface area contributed by atoms with E-state index in [1.54, 1.807) is 6.07 Å². The largest absolute Gasteiger partial charge is 0.322 e. The standard InChI is InChI=1S/C26H26Cl2N2O/c1-19-7-6-10-24(16-19)29-26(31)30(14-13-22-11-12-23(27)17-25(22)28)18-20(2)15-21-8-4-3-5-9-21/h3-12,15-17H,13-14,18H2,1-2H3,(H,29,31)/b20-15+. The number of nitrogens with zero attached hydrogens (tertiary/aromatic N) is 1. The average Bonchev–Trinajstić information content (AvgIpc) is 2.73. The van der Waals surface area contributed by atoms with Crippen molar-refractivity contribution >= 4 is 41.0 Å². The summed E-state index contributed by atoms with van der Waals surface area (Å²) in [5, 5.41) is 4.23. The quantitative estimate of drug-likeness (QED) is 0.395. The number of anilines is 1. The van der Waals surface area contributed by atoms with Crippen LogP contribution in [-0.4, -0.2) is 24.0 Å². The molecular weight excluding hydrogens is 427 g/mol. The smallest absolute Gasteiger partial charge is 0.320 e. The third-order valence-electron chi connectivity index (χ3n) is 4.88. The summed E-state index contributed by atoms with van der Waals surface area (Å²) in [6, 6.07) is 23.2. The minimum atomic E-state index is -0.142. The SMILES string of the molecule is C/C(=C\c1ccccc1)CN(CCc1ccc(Cl)cc1Cl)C(=O)Nc1cccc(C)c1. The topological polar surface area (TPSA) is 32.3 Å². The minimum Gasteiger partial charge on any atom is -0.320 e. The van der Waals surface area contributed by atoms with Crippen molar-refractivity contribution in [3.8, 4) is 0 Å². The first kappa shape index (κ1) is 22.9. The van der Waals surface area contributed by atoms with Gasteiger partial charge in [-0.1, -0.05) is 83.4 Å². The van der Waals surface area contributed by atoms with Gasteiger partial charge in [-0.3, -0.25) is 0 Å². The maximum atomic E-state index is 13.1. The van der Waals surface area contributed by atoms with Gasteiger partial charge in [0.05, 0.1) is 0 Å². The zero-order chi connectivity index (χ0) is 22.2. The first-order chi connectivity index (χ1) is 14.9. The van der Waals surface area contributed by atoms with Gasteiger partial charge in [-0.05, 0) is 61.2 Å². The molecule has 0 fully saturated rings. The number of amides is 2. The lowest BCUT2D eigenvalue weighted by Crippen LogP contribution is -2.37. The fourth-order valence-electron chi connectivity index (χ4n) is 3.34. The zero-order valence-corrected chi connectivity index (χ0v) is 19.3. The average molecular weight is 453 g/mol. The lowest BCUT2D eigenvalue weighted by molar-refractivity contribution is 0.216. The molecule has 3 aromatic rings. The van der Waals surface area contributed by atoms with Crippen LogP contribution in [0.25, 0.3) is 6.08 Å². The lowest BCUT2D eigenvalue weighted by Gasteiger charge is -2.24. The third-order valence-corrected chi connectivity index (χ3v) is 5.46. The number of nitrogens with one attached hydrogen (secondary N) is 1. The van der Waals surface area contributed by atoms with Gasteiger partial charge in [0.15, 0.2) is 0 Å². The highest BCUT2D eigenvalue weighted by atomic mass is 35.5. The predicted octanol–water partition coefficient (Wildman–Crippen LogP) is 7.48. The summed E-state index contributed by atoms with van der Waals surface area (Å²) in [5.41, 5.74) is 5.04. The van der Waals surface area contributed by atoms with Crippen LogP contribution in [0.5, 0.6) is 0 Å². The predicted molar refractivity (Wildman–Crippen MR) is 132 cm³/mol. The molecule has 0 aromatic heterocycles. The van der Waals surface area contributed by atoms with Crippen LogP contribution in [0.15, 0.2) is 78.4 Å². The van der Waals surface area contributed by atoms with E-state index in [0.29, 0.717) is 29.6 Å². The second kappa shape index (κ2) is 11.0. The Balaban J connectivity index is 1.76. The van der Waals surface area contributed by atoms with E-state index in [9.17, 15) is 4.79 Å². The van der Waals surface area contributed by atoms with Crippen molar-refractivity contribution in [3.63, 3.8) is 0 Å². The highest BCUT2D eigenvalue weighted by Crippen LogP contribution is 2.22. The van der Waals surface area contributed by atoms with E-state index in [2.05, 4.69) is 11.4 Å². The fraction of sp³-hybridized carbons (Fsp3) is 0.192. The highest BCUT2D eigenvalue weighted by molar-refractivity contribution is 6.35. The van der Waals surface area contributed by atoms with Gasteiger partial charge in [0, 0.05) is 28.8 Å². The summed E-state index contributed by atoms with van der Waals surface area (Å²) in [4.78, 5) is 14.9. The van der Waals surface area contributed by atoms with E-state index in [1.807, 2.05) is 85.5 Å². The molecule has 2 amide bonds. The molecule has 0 aliphatic rings. The van der Waals surface area contributed by atoms with Crippen molar-refractivity contribution in [1.29, 1.82) is 0 Å². The van der Waals surface area contributed by atoms with Crippen LogP contribution in [0.4, 0.5) is 10.5 Å². The second-order valence-corrected chi connectivity index (χ2v) is 8.45. The molecule has 31 heavy (non-hydrogen) atoms. The molecule has 3 rings (SSSR count). The molecule has 3 nitrogen and oxygen atoms in total. The van der Waals surface area contributed by atoms with E-state index in [-0.39, 0.29) is 6.03 Å². The van der Waals surface area contributed by atoms with E-state index < -0.39 is 0 Å². The molecule has 0 atom stereocenters. The monoisotopic (exact) mass is 452 g/mol. The maximum absolute atomic E-state index is 13.1. The molecule has 0 bridgehead atoms. The van der Waals surface area contributed by atoms with Crippen molar-refractivity contribution in [3.05, 3.63) is 105 Å². The van der Waals surface area contributed by atoms with Crippen LogP contribution >= 0.6 is 23.2 Å². The number of hydrogen-bond acceptors (Lipinski definition) is 1. The van der Waals surface area contributed by atoms with Crippen LogP contribution in [0.3, 0.4) is 0 Å². The number of urea groups is 1. The summed E-state index contributed by atoms with van der Waals surface area (Å²) in [5.74, 6) is 0. The number of aryl methyl sites for hydroxylation is 1. The number of hydrogen-bond donors (Lipinski definition) is 1. The van der Waals surface area contributed by atoms with Gasteiger partial charge in [0.1, 0.15) is 0 Å². The zero-order valence-electron chi connectivity index (χ0n) is 17.7. The summed E-state index contributed by atoms with van der Waals surface area (Å²) in [6.45, 7) is 5.08. The van der Waals surface area contributed by atoms with Gasteiger partial charge in [-0.2, -0.15) is 0 Å². The van der Waals surface area contributed by atoms with Gasteiger partial charge in [0.25, 0.3) is 0 Å². The van der Waals surface area contributed by atoms with Crippen molar-refractivity contribution in [2.24, 2.45) is 0 Å². The van der Waals surface area contributed by atoms with Gasteiger partial charge in [-0.15, -0.1) is 0 Å². The van der Waals surface area contributed by atoms with Gasteiger partial charge in [-0.25, -0.2) is 4.79 Å². The minimum absolute atomic E-state index is 0.142.